The van der Waals surface area contributed by atoms with Gasteiger partial charge in [0.15, 0.2) is 0 Å². The van der Waals surface area contributed by atoms with Gasteiger partial charge in [0.05, 0.1) is 18.1 Å². The fourth-order valence-electron chi connectivity index (χ4n) is 3.66. The maximum atomic E-state index is 13.3. The standard InChI is InChI=1S/C22H21N3O6S/c1-14(26)23-15-6-8-16(9-7-15)32(29,30)24-19-20(25-10-12-31-13-11-25)22(28)18-5-3-2-4-17(18)21(19)27/h2-9,24H,10-13H2,1H3,(H,23,26). The molecule has 1 amide bonds. The van der Waals surface area contributed by atoms with Gasteiger partial charge in [-0.2, -0.15) is 0 Å². The Bertz CT molecular complexity index is 1230. The van der Waals surface area contributed by atoms with Gasteiger partial charge in [0.1, 0.15) is 11.4 Å². The van der Waals surface area contributed by atoms with Crippen molar-refractivity contribution in [2.24, 2.45) is 0 Å². The number of fused-ring (bicyclic) bond motifs is 1. The highest BCUT2D eigenvalue weighted by Gasteiger charge is 2.37. The van der Waals surface area contributed by atoms with Crippen LogP contribution < -0.4 is 10.0 Å². The first-order valence-corrected chi connectivity index (χ1v) is 11.4. The summed E-state index contributed by atoms with van der Waals surface area (Å²) in [6.45, 7) is 2.77. The summed E-state index contributed by atoms with van der Waals surface area (Å²) in [4.78, 5) is 39.3. The molecular formula is C22H21N3O6S. The Morgan fingerprint density at radius 2 is 1.53 bits per heavy atom. The van der Waals surface area contributed by atoms with E-state index in [0.717, 1.165) is 0 Å². The highest BCUT2D eigenvalue weighted by molar-refractivity contribution is 7.89. The number of nitrogens with zero attached hydrogens (tertiary/aromatic N) is 1. The van der Waals surface area contributed by atoms with E-state index in [9.17, 15) is 22.8 Å². The average Bonchev–Trinajstić information content (AvgIpc) is 2.78. The smallest absolute Gasteiger partial charge is 0.262 e. The minimum absolute atomic E-state index is 0.0236. The summed E-state index contributed by atoms with van der Waals surface area (Å²) in [6.07, 6.45) is 0. The van der Waals surface area contributed by atoms with Crippen molar-refractivity contribution in [1.29, 1.82) is 0 Å². The molecule has 166 valence electrons. The van der Waals surface area contributed by atoms with Gasteiger partial charge in [0.25, 0.3) is 10.0 Å². The maximum absolute atomic E-state index is 13.3. The number of allylic oxidation sites excluding steroid dienone is 2. The first-order chi connectivity index (χ1) is 15.3. The molecule has 0 bridgehead atoms. The van der Waals surface area contributed by atoms with Gasteiger partial charge in [-0.1, -0.05) is 24.3 Å². The van der Waals surface area contributed by atoms with Crippen LogP contribution in [-0.2, 0) is 19.6 Å². The van der Waals surface area contributed by atoms with Gasteiger partial charge in [-0.25, -0.2) is 8.42 Å². The summed E-state index contributed by atoms with van der Waals surface area (Å²) >= 11 is 0. The van der Waals surface area contributed by atoms with Crippen molar-refractivity contribution in [3.63, 3.8) is 0 Å². The highest BCUT2D eigenvalue weighted by Crippen LogP contribution is 2.29. The van der Waals surface area contributed by atoms with E-state index in [1.165, 1.54) is 37.3 Å². The van der Waals surface area contributed by atoms with Gasteiger partial charge in [-0.15, -0.1) is 0 Å². The van der Waals surface area contributed by atoms with E-state index < -0.39 is 21.6 Å². The van der Waals surface area contributed by atoms with E-state index in [2.05, 4.69) is 10.0 Å². The molecule has 2 N–H and O–H groups in total. The van der Waals surface area contributed by atoms with E-state index in [0.29, 0.717) is 32.0 Å². The van der Waals surface area contributed by atoms with Gasteiger partial charge in [-0.05, 0) is 24.3 Å². The summed E-state index contributed by atoms with van der Waals surface area (Å²) in [5, 5.41) is 2.56. The number of hydrogen-bond donors (Lipinski definition) is 2. The quantitative estimate of drug-likeness (QED) is 0.701. The van der Waals surface area contributed by atoms with Crippen LogP contribution in [0.4, 0.5) is 5.69 Å². The second kappa shape index (κ2) is 8.56. The third-order valence-electron chi connectivity index (χ3n) is 5.14. The number of ether oxygens (including phenoxy) is 1. The van der Waals surface area contributed by atoms with E-state index in [1.807, 2.05) is 0 Å². The third kappa shape index (κ3) is 4.14. The zero-order valence-corrected chi connectivity index (χ0v) is 18.1. The number of hydrogen-bond acceptors (Lipinski definition) is 7. The number of morpholine rings is 1. The molecule has 2 aromatic rings. The molecule has 0 saturated carbocycles. The van der Waals surface area contributed by atoms with Crippen LogP contribution >= 0.6 is 0 Å². The molecule has 1 heterocycles. The predicted octanol–water partition coefficient (Wildman–Crippen LogP) is 1.55. The largest absolute Gasteiger partial charge is 0.378 e. The minimum Gasteiger partial charge on any atom is -0.378 e. The van der Waals surface area contributed by atoms with E-state index >= 15 is 0 Å². The molecule has 2 aliphatic rings. The van der Waals surface area contributed by atoms with Crippen LogP contribution in [0.2, 0.25) is 0 Å². The number of carbonyl (C=O) groups excluding carboxylic acids is 3. The third-order valence-corrected chi connectivity index (χ3v) is 6.51. The van der Waals surface area contributed by atoms with E-state index in [4.69, 9.17) is 4.74 Å². The molecule has 1 aliphatic carbocycles. The van der Waals surface area contributed by atoms with Gasteiger partial charge < -0.3 is 15.0 Å². The lowest BCUT2D eigenvalue weighted by Crippen LogP contribution is -2.44. The summed E-state index contributed by atoms with van der Waals surface area (Å²) < 4.78 is 33.9. The summed E-state index contributed by atoms with van der Waals surface area (Å²) in [5.41, 5.74) is 0.564. The lowest BCUT2D eigenvalue weighted by molar-refractivity contribution is -0.114. The SMILES string of the molecule is CC(=O)Nc1ccc(S(=O)(=O)NC2=C(N3CCOCC3)C(=O)c3ccccc3C2=O)cc1. The summed E-state index contributed by atoms with van der Waals surface area (Å²) in [7, 11) is -4.19. The van der Waals surface area contributed by atoms with Crippen molar-refractivity contribution in [3.05, 3.63) is 71.1 Å². The molecule has 0 atom stereocenters. The van der Waals surface area contributed by atoms with E-state index in [-0.39, 0.29) is 33.3 Å². The van der Waals surface area contributed by atoms with Crippen molar-refractivity contribution in [2.75, 3.05) is 31.6 Å². The Kier molecular flexibility index (Phi) is 5.81. The normalized spacial score (nSPS) is 16.6. The molecule has 1 saturated heterocycles. The number of benzene rings is 2. The fraction of sp³-hybridized carbons (Fsp3) is 0.227. The van der Waals surface area contributed by atoms with Gasteiger partial charge in [0.2, 0.25) is 17.5 Å². The first kappa shape index (κ1) is 21.7. The number of anilines is 1. The topological polar surface area (TPSA) is 122 Å². The zero-order valence-electron chi connectivity index (χ0n) is 17.3. The van der Waals surface area contributed by atoms with Crippen LogP contribution in [0.1, 0.15) is 27.6 Å². The highest BCUT2D eigenvalue weighted by atomic mass is 32.2. The lowest BCUT2D eigenvalue weighted by atomic mass is 9.90. The zero-order chi connectivity index (χ0) is 22.9. The van der Waals surface area contributed by atoms with Gasteiger partial charge >= 0.3 is 0 Å². The number of rotatable bonds is 5. The maximum Gasteiger partial charge on any atom is 0.262 e. The molecule has 1 aliphatic heterocycles. The van der Waals surface area contributed by atoms with E-state index in [1.54, 1.807) is 23.1 Å². The van der Waals surface area contributed by atoms with Crippen molar-refractivity contribution < 1.29 is 27.5 Å². The van der Waals surface area contributed by atoms with Crippen molar-refractivity contribution >= 4 is 33.2 Å². The molecule has 0 radical (unpaired) electrons. The van der Waals surface area contributed by atoms with Crippen LogP contribution in [0.3, 0.4) is 0 Å². The lowest BCUT2D eigenvalue weighted by Gasteiger charge is -2.33. The molecule has 10 heteroatoms. The van der Waals surface area contributed by atoms with Gasteiger partial charge in [0, 0.05) is 36.8 Å². The Morgan fingerprint density at radius 1 is 0.938 bits per heavy atom. The number of Topliss-reactive ketones (excluding diaryl/α,β-unsaturated/α-hetero) is 2. The van der Waals surface area contributed by atoms with Crippen LogP contribution in [0.25, 0.3) is 0 Å². The molecule has 0 aromatic heterocycles. The molecule has 2 aromatic carbocycles. The Labute approximate surface area is 185 Å². The number of carbonyl (C=O) groups is 3. The number of amides is 1. The van der Waals surface area contributed by atoms with Crippen LogP contribution in [0, 0.1) is 0 Å². The monoisotopic (exact) mass is 455 g/mol. The van der Waals surface area contributed by atoms with Crippen LogP contribution in [-0.4, -0.2) is 57.1 Å². The molecular weight excluding hydrogens is 434 g/mol. The Balaban J connectivity index is 1.75. The average molecular weight is 455 g/mol. The van der Waals surface area contributed by atoms with Crippen LogP contribution in [0.5, 0.6) is 0 Å². The molecule has 0 spiro atoms. The summed E-state index contributed by atoms with van der Waals surface area (Å²) in [5.74, 6) is -1.27. The second-order valence-corrected chi connectivity index (χ2v) is 9.02. The number of nitrogens with one attached hydrogen (secondary N) is 2. The van der Waals surface area contributed by atoms with Gasteiger partial charge in [-0.3, -0.25) is 19.1 Å². The fourth-order valence-corrected chi connectivity index (χ4v) is 4.73. The molecule has 4 rings (SSSR count). The van der Waals surface area contributed by atoms with Crippen LogP contribution in [0.15, 0.2) is 64.8 Å². The molecule has 0 unspecified atom stereocenters. The Hall–Kier alpha value is -3.50. The van der Waals surface area contributed by atoms with Crippen molar-refractivity contribution in [1.82, 2.24) is 9.62 Å². The minimum atomic E-state index is -4.19. The predicted molar refractivity (Wildman–Crippen MR) is 116 cm³/mol. The molecule has 1 fully saturated rings. The number of ketones is 2. The Morgan fingerprint density at radius 3 is 2.12 bits per heavy atom. The molecule has 9 nitrogen and oxygen atoms in total. The summed E-state index contributed by atoms with van der Waals surface area (Å²) in [6, 6.07) is 11.8. The second-order valence-electron chi connectivity index (χ2n) is 7.34. The number of sulfonamides is 1. The van der Waals surface area contributed by atoms with Crippen molar-refractivity contribution in [2.45, 2.75) is 11.8 Å². The first-order valence-electron chi connectivity index (χ1n) is 9.94. The molecule has 32 heavy (non-hydrogen) atoms. The van der Waals surface area contributed by atoms with Crippen molar-refractivity contribution in [3.8, 4) is 0 Å².